The van der Waals surface area contributed by atoms with E-state index in [1.165, 1.54) is 29.8 Å². The molecule has 0 aliphatic heterocycles. The van der Waals surface area contributed by atoms with Crippen LogP contribution < -0.4 is 5.32 Å². The van der Waals surface area contributed by atoms with Crippen molar-refractivity contribution >= 4 is 29.3 Å². The lowest BCUT2D eigenvalue weighted by Crippen LogP contribution is -2.23. The van der Waals surface area contributed by atoms with Crippen LogP contribution in [0.2, 0.25) is 0 Å². The number of aliphatic carboxylic acids is 1. The summed E-state index contributed by atoms with van der Waals surface area (Å²) < 4.78 is 0. The van der Waals surface area contributed by atoms with Gasteiger partial charge >= 0.3 is 5.97 Å². The summed E-state index contributed by atoms with van der Waals surface area (Å²) >= 11 is 1.45. The van der Waals surface area contributed by atoms with E-state index in [9.17, 15) is 9.59 Å². The summed E-state index contributed by atoms with van der Waals surface area (Å²) in [7, 11) is 0. The zero-order valence-corrected chi connectivity index (χ0v) is 11.1. The second-order valence-electron chi connectivity index (χ2n) is 3.74. The highest BCUT2D eigenvalue weighted by atomic mass is 32.1. The third kappa shape index (κ3) is 3.72. The summed E-state index contributed by atoms with van der Waals surface area (Å²) in [6.07, 6.45) is 6.90. The largest absolute Gasteiger partial charge is 0.478 e. The quantitative estimate of drug-likeness (QED) is 0.815. The third-order valence-corrected chi connectivity index (χ3v) is 3.17. The van der Waals surface area contributed by atoms with Crippen LogP contribution in [0, 0.1) is 0 Å². The molecular formula is C13H11N3O3S. The monoisotopic (exact) mass is 289 g/mol. The Hall–Kier alpha value is -2.54. The number of nitrogens with one attached hydrogen (secondary N) is 1. The number of hydrogen-bond donors (Lipinski definition) is 2. The van der Waals surface area contributed by atoms with Crippen molar-refractivity contribution in [3.63, 3.8) is 0 Å². The molecule has 0 aromatic carbocycles. The van der Waals surface area contributed by atoms with Crippen LogP contribution in [0.15, 0.2) is 36.1 Å². The summed E-state index contributed by atoms with van der Waals surface area (Å²) in [5.41, 5.74) is 0.820. The summed E-state index contributed by atoms with van der Waals surface area (Å²) in [5, 5.41) is 14.0. The Bertz CT molecular complexity index is 638. The van der Waals surface area contributed by atoms with E-state index in [1.807, 2.05) is 5.38 Å². The molecule has 0 bridgehead atoms. The van der Waals surface area contributed by atoms with E-state index in [1.54, 1.807) is 12.3 Å². The standard InChI is InChI=1S/C13H11N3O3S/c17-12(18)2-1-9-7-14-4-3-10(9)13(19)16-8-11-15-5-6-20-11/h1-7H,8H2,(H,16,19)(H,17,18). The number of rotatable bonds is 5. The van der Waals surface area contributed by atoms with Gasteiger partial charge in [0.2, 0.25) is 0 Å². The Balaban J connectivity index is 2.11. The van der Waals surface area contributed by atoms with Crippen LogP contribution in [-0.4, -0.2) is 27.0 Å². The van der Waals surface area contributed by atoms with Gasteiger partial charge in [-0.05, 0) is 12.1 Å². The molecule has 0 saturated carbocycles. The summed E-state index contributed by atoms with van der Waals surface area (Å²) in [6, 6.07) is 1.54. The van der Waals surface area contributed by atoms with Crippen molar-refractivity contribution in [3.8, 4) is 0 Å². The Morgan fingerprint density at radius 2 is 2.25 bits per heavy atom. The molecule has 0 saturated heterocycles. The molecule has 0 aliphatic carbocycles. The molecule has 0 aliphatic rings. The third-order valence-electron chi connectivity index (χ3n) is 2.39. The number of thiazole rings is 1. The number of carboxylic acid groups (broad SMARTS) is 1. The highest BCUT2D eigenvalue weighted by Crippen LogP contribution is 2.10. The van der Waals surface area contributed by atoms with Crippen molar-refractivity contribution in [1.82, 2.24) is 15.3 Å². The second-order valence-corrected chi connectivity index (χ2v) is 4.72. The number of amides is 1. The normalized spacial score (nSPS) is 10.6. The maximum Gasteiger partial charge on any atom is 0.328 e. The van der Waals surface area contributed by atoms with Crippen LogP contribution in [0.4, 0.5) is 0 Å². The zero-order chi connectivity index (χ0) is 14.4. The lowest BCUT2D eigenvalue weighted by atomic mass is 10.1. The van der Waals surface area contributed by atoms with E-state index < -0.39 is 5.97 Å². The van der Waals surface area contributed by atoms with Gasteiger partial charge < -0.3 is 10.4 Å². The smallest absolute Gasteiger partial charge is 0.328 e. The first-order valence-corrected chi connectivity index (χ1v) is 6.56. The van der Waals surface area contributed by atoms with Gasteiger partial charge in [-0.2, -0.15) is 0 Å². The number of aromatic nitrogens is 2. The molecule has 2 N–H and O–H groups in total. The second kappa shape index (κ2) is 6.58. The molecule has 0 atom stereocenters. The first-order valence-electron chi connectivity index (χ1n) is 5.68. The molecule has 0 unspecified atom stereocenters. The van der Waals surface area contributed by atoms with Crippen LogP contribution in [0.25, 0.3) is 6.08 Å². The van der Waals surface area contributed by atoms with Gasteiger partial charge in [-0.1, -0.05) is 0 Å². The minimum Gasteiger partial charge on any atom is -0.478 e. The first-order chi connectivity index (χ1) is 9.66. The minimum atomic E-state index is -1.08. The Labute approximate surface area is 118 Å². The molecule has 20 heavy (non-hydrogen) atoms. The predicted molar refractivity (Wildman–Crippen MR) is 74.2 cm³/mol. The van der Waals surface area contributed by atoms with Gasteiger partial charge in [0, 0.05) is 41.2 Å². The van der Waals surface area contributed by atoms with Crippen LogP contribution in [0.1, 0.15) is 20.9 Å². The SMILES string of the molecule is O=C(O)C=Cc1cnccc1C(=O)NCc1nccs1. The van der Waals surface area contributed by atoms with Gasteiger partial charge in [0.1, 0.15) is 5.01 Å². The van der Waals surface area contributed by atoms with Gasteiger partial charge in [-0.15, -0.1) is 11.3 Å². The highest BCUT2D eigenvalue weighted by molar-refractivity contribution is 7.09. The van der Waals surface area contributed by atoms with Crippen LogP contribution in [-0.2, 0) is 11.3 Å². The lowest BCUT2D eigenvalue weighted by Gasteiger charge is -2.05. The molecule has 2 aromatic rings. The summed E-state index contributed by atoms with van der Waals surface area (Å²) in [5.74, 6) is -1.38. The zero-order valence-electron chi connectivity index (χ0n) is 10.3. The van der Waals surface area contributed by atoms with E-state index in [0.717, 1.165) is 11.1 Å². The van der Waals surface area contributed by atoms with Crippen molar-refractivity contribution in [1.29, 1.82) is 0 Å². The Kier molecular flexibility index (Phi) is 4.56. The van der Waals surface area contributed by atoms with E-state index in [2.05, 4.69) is 15.3 Å². The topological polar surface area (TPSA) is 92.2 Å². The Morgan fingerprint density at radius 3 is 2.95 bits per heavy atom. The lowest BCUT2D eigenvalue weighted by molar-refractivity contribution is -0.131. The first kappa shape index (κ1) is 13.9. The molecular weight excluding hydrogens is 278 g/mol. The fraction of sp³-hybridized carbons (Fsp3) is 0.0769. The summed E-state index contributed by atoms with van der Waals surface area (Å²) in [4.78, 5) is 30.5. The van der Waals surface area contributed by atoms with E-state index in [0.29, 0.717) is 17.7 Å². The van der Waals surface area contributed by atoms with Gasteiger partial charge in [0.05, 0.1) is 6.54 Å². The molecule has 0 spiro atoms. The number of carboxylic acids is 1. The number of hydrogen-bond acceptors (Lipinski definition) is 5. The van der Waals surface area contributed by atoms with Crippen molar-refractivity contribution in [2.45, 2.75) is 6.54 Å². The van der Waals surface area contributed by atoms with Gasteiger partial charge in [0.25, 0.3) is 5.91 Å². The van der Waals surface area contributed by atoms with Crippen molar-refractivity contribution in [2.75, 3.05) is 0 Å². The van der Waals surface area contributed by atoms with Gasteiger partial charge in [-0.25, -0.2) is 9.78 Å². The molecule has 2 rings (SSSR count). The molecule has 0 fully saturated rings. The molecule has 7 heteroatoms. The van der Waals surface area contributed by atoms with Crippen LogP contribution in [0.5, 0.6) is 0 Å². The average Bonchev–Trinajstić information content (AvgIpc) is 2.96. The number of pyridine rings is 1. The maximum absolute atomic E-state index is 12.1. The van der Waals surface area contributed by atoms with E-state index in [-0.39, 0.29) is 5.91 Å². The number of nitrogens with zero attached hydrogens (tertiary/aromatic N) is 2. The Morgan fingerprint density at radius 1 is 1.40 bits per heavy atom. The average molecular weight is 289 g/mol. The van der Waals surface area contributed by atoms with Crippen molar-refractivity contribution < 1.29 is 14.7 Å². The van der Waals surface area contributed by atoms with Crippen molar-refractivity contribution in [3.05, 3.63) is 52.2 Å². The fourth-order valence-corrected chi connectivity index (χ4v) is 2.05. The highest BCUT2D eigenvalue weighted by Gasteiger charge is 2.10. The summed E-state index contributed by atoms with van der Waals surface area (Å²) in [6.45, 7) is 0.334. The fourth-order valence-electron chi connectivity index (χ4n) is 1.50. The number of carbonyl (C=O) groups excluding carboxylic acids is 1. The van der Waals surface area contributed by atoms with Gasteiger partial charge in [-0.3, -0.25) is 9.78 Å². The maximum atomic E-state index is 12.1. The molecule has 2 aromatic heterocycles. The predicted octanol–water partition coefficient (Wildman–Crippen LogP) is 1.57. The van der Waals surface area contributed by atoms with Crippen LogP contribution in [0.3, 0.4) is 0 Å². The van der Waals surface area contributed by atoms with Crippen molar-refractivity contribution in [2.24, 2.45) is 0 Å². The molecule has 0 radical (unpaired) electrons. The number of carbonyl (C=O) groups is 2. The van der Waals surface area contributed by atoms with Gasteiger partial charge in [0.15, 0.2) is 0 Å². The molecule has 6 nitrogen and oxygen atoms in total. The molecule has 1 amide bonds. The molecule has 2 heterocycles. The van der Waals surface area contributed by atoms with E-state index >= 15 is 0 Å². The van der Waals surface area contributed by atoms with E-state index in [4.69, 9.17) is 5.11 Å². The minimum absolute atomic E-state index is 0.298. The van der Waals surface area contributed by atoms with Crippen LogP contribution >= 0.6 is 11.3 Å². The molecule has 102 valence electrons.